The first-order chi connectivity index (χ1) is 17.4. The third-order valence-corrected chi connectivity index (χ3v) is 6.10. The number of carbonyl (C=O) groups excluding carboxylic acids is 3. The number of ketones is 1. The van der Waals surface area contributed by atoms with Gasteiger partial charge in [0.05, 0.1) is 31.4 Å². The van der Waals surface area contributed by atoms with Crippen LogP contribution in [0.15, 0.2) is 94.6 Å². The number of hydrogen-bond acceptors (Lipinski definition) is 7. The number of methoxy groups -OCH3 is 2. The number of Topliss-reactive ketones (excluding diaryl/α,β-unsaturated/α-hetero) is 1. The van der Waals surface area contributed by atoms with Gasteiger partial charge in [-0.1, -0.05) is 30.3 Å². The summed E-state index contributed by atoms with van der Waals surface area (Å²) in [5, 5.41) is 11.7. The van der Waals surface area contributed by atoms with E-state index < -0.39 is 29.5 Å². The lowest BCUT2D eigenvalue weighted by Crippen LogP contribution is -2.31. The van der Waals surface area contributed by atoms with Crippen molar-refractivity contribution >= 4 is 34.3 Å². The molecule has 8 heteroatoms. The minimum Gasteiger partial charge on any atom is -0.503 e. The van der Waals surface area contributed by atoms with E-state index in [1.165, 1.54) is 31.3 Å². The number of anilines is 1. The lowest BCUT2D eigenvalue weighted by atomic mass is 9.94. The Morgan fingerprint density at radius 1 is 0.944 bits per heavy atom. The molecule has 1 aliphatic heterocycles. The van der Waals surface area contributed by atoms with E-state index in [0.717, 1.165) is 5.39 Å². The molecule has 1 atom stereocenters. The third kappa shape index (κ3) is 3.78. The maximum Gasteiger partial charge on any atom is 0.337 e. The number of furan rings is 1. The van der Waals surface area contributed by atoms with Gasteiger partial charge >= 0.3 is 5.97 Å². The lowest BCUT2D eigenvalue weighted by Gasteiger charge is -2.27. The Morgan fingerprint density at radius 3 is 2.28 bits per heavy atom. The summed E-state index contributed by atoms with van der Waals surface area (Å²) in [5.74, 6) is -1.95. The van der Waals surface area contributed by atoms with Crippen molar-refractivity contribution in [1.82, 2.24) is 0 Å². The van der Waals surface area contributed by atoms with E-state index in [1.807, 2.05) is 6.07 Å². The summed E-state index contributed by atoms with van der Waals surface area (Å²) in [5.41, 5.74) is 1.66. The molecule has 2 heterocycles. The number of ether oxygens (including phenoxy) is 2. The smallest absolute Gasteiger partial charge is 0.337 e. The molecule has 1 aliphatic rings. The SMILES string of the molecule is COC(=O)c1ccc(N2C(=O)C(O)=C(C(=O)c3cc4ccccc4o3)C2c2ccc(OC)cc2)cc1. The van der Waals surface area contributed by atoms with Crippen LogP contribution >= 0.6 is 0 Å². The van der Waals surface area contributed by atoms with Crippen LogP contribution in [0.1, 0.15) is 32.5 Å². The van der Waals surface area contributed by atoms with Crippen LogP contribution in [0.5, 0.6) is 5.75 Å². The largest absolute Gasteiger partial charge is 0.503 e. The summed E-state index contributed by atoms with van der Waals surface area (Å²) in [7, 11) is 2.81. The topological polar surface area (TPSA) is 106 Å². The number of rotatable bonds is 6. The van der Waals surface area contributed by atoms with Crippen LogP contribution in [0.2, 0.25) is 0 Å². The van der Waals surface area contributed by atoms with Crippen LogP contribution in [0.3, 0.4) is 0 Å². The van der Waals surface area contributed by atoms with Gasteiger partial charge in [0.15, 0.2) is 11.5 Å². The van der Waals surface area contributed by atoms with Crippen molar-refractivity contribution in [3.05, 3.63) is 107 Å². The van der Waals surface area contributed by atoms with Gasteiger partial charge < -0.3 is 19.0 Å². The van der Waals surface area contributed by atoms with E-state index in [0.29, 0.717) is 28.1 Å². The highest BCUT2D eigenvalue weighted by atomic mass is 16.5. The monoisotopic (exact) mass is 483 g/mol. The molecule has 8 nitrogen and oxygen atoms in total. The molecule has 0 saturated heterocycles. The molecule has 4 aromatic rings. The lowest BCUT2D eigenvalue weighted by molar-refractivity contribution is -0.117. The van der Waals surface area contributed by atoms with Gasteiger partial charge in [-0.2, -0.15) is 0 Å². The maximum absolute atomic E-state index is 13.7. The Labute approximate surface area is 206 Å². The molecule has 1 unspecified atom stereocenters. The maximum atomic E-state index is 13.7. The van der Waals surface area contributed by atoms with Gasteiger partial charge in [-0.05, 0) is 54.1 Å². The van der Waals surface area contributed by atoms with E-state index >= 15 is 0 Å². The predicted octanol–water partition coefficient (Wildman–Crippen LogP) is 5.01. The summed E-state index contributed by atoms with van der Waals surface area (Å²) in [4.78, 5) is 40.2. The highest BCUT2D eigenvalue weighted by Crippen LogP contribution is 2.42. The molecule has 0 radical (unpaired) electrons. The molecule has 3 aromatic carbocycles. The molecular formula is C28H21NO7. The Morgan fingerprint density at radius 2 is 1.64 bits per heavy atom. The zero-order valence-electron chi connectivity index (χ0n) is 19.4. The summed E-state index contributed by atoms with van der Waals surface area (Å²) in [6, 6.07) is 20.8. The van der Waals surface area contributed by atoms with Crippen LogP contribution in [-0.4, -0.2) is 37.0 Å². The normalized spacial score (nSPS) is 15.4. The Balaban J connectivity index is 1.62. The van der Waals surface area contributed by atoms with Gasteiger partial charge in [0.2, 0.25) is 5.78 Å². The summed E-state index contributed by atoms with van der Waals surface area (Å²) in [6.45, 7) is 0. The fourth-order valence-electron chi connectivity index (χ4n) is 4.31. The zero-order valence-corrected chi connectivity index (χ0v) is 19.4. The van der Waals surface area contributed by atoms with Gasteiger partial charge in [-0.25, -0.2) is 4.79 Å². The van der Waals surface area contributed by atoms with Gasteiger partial charge in [0.25, 0.3) is 5.91 Å². The van der Waals surface area contributed by atoms with Crippen LogP contribution in [-0.2, 0) is 9.53 Å². The predicted molar refractivity (Wildman–Crippen MR) is 131 cm³/mol. The minimum absolute atomic E-state index is 0.00644. The zero-order chi connectivity index (χ0) is 25.4. The number of hydrogen-bond donors (Lipinski definition) is 1. The van der Waals surface area contributed by atoms with Crippen molar-refractivity contribution in [1.29, 1.82) is 0 Å². The fourth-order valence-corrected chi connectivity index (χ4v) is 4.31. The fraction of sp³-hybridized carbons (Fsp3) is 0.107. The number of esters is 1. The summed E-state index contributed by atoms with van der Waals surface area (Å²) in [6.07, 6.45) is 0. The van der Waals surface area contributed by atoms with Crippen molar-refractivity contribution in [3.63, 3.8) is 0 Å². The average molecular weight is 483 g/mol. The van der Waals surface area contributed by atoms with Gasteiger partial charge in [-0.15, -0.1) is 0 Å². The van der Waals surface area contributed by atoms with E-state index in [-0.39, 0.29) is 11.3 Å². The number of carbonyl (C=O) groups is 3. The summed E-state index contributed by atoms with van der Waals surface area (Å²) >= 11 is 0. The Kier molecular flexibility index (Phi) is 5.77. The number of benzene rings is 3. The first kappa shape index (κ1) is 22.9. The molecule has 1 N–H and O–H groups in total. The van der Waals surface area contributed by atoms with Crippen LogP contribution in [0.25, 0.3) is 11.0 Å². The number of amides is 1. The summed E-state index contributed by atoms with van der Waals surface area (Å²) < 4.78 is 15.7. The molecule has 180 valence electrons. The van der Waals surface area contributed by atoms with Crippen LogP contribution in [0.4, 0.5) is 5.69 Å². The number of aliphatic hydroxyl groups is 1. The highest BCUT2D eigenvalue weighted by Gasteiger charge is 2.45. The molecule has 0 aliphatic carbocycles. The van der Waals surface area contributed by atoms with E-state index in [4.69, 9.17) is 13.9 Å². The Bertz CT molecular complexity index is 1480. The molecule has 36 heavy (non-hydrogen) atoms. The van der Waals surface area contributed by atoms with Crippen molar-refractivity contribution in [2.24, 2.45) is 0 Å². The van der Waals surface area contributed by atoms with Crippen molar-refractivity contribution < 1.29 is 33.4 Å². The van der Waals surface area contributed by atoms with E-state index in [9.17, 15) is 19.5 Å². The van der Waals surface area contributed by atoms with Gasteiger partial charge in [0, 0.05) is 11.1 Å². The number of para-hydroxylation sites is 1. The number of aliphatic hydroxyl groups excluding tert-OH is 1. The third-order valence-electron chi connectivity index (χ3n) is 6.10. The average Bonchev–Trinajstić information content (AvgIpc) is 3.47. The van der Waals surface area contributed by atoms with Crippen LogP contribution < -0.4 is 9.64 Å². The second kappa shape index (κ2) is 9.07. The minimum atomic E-state index is -0.951. The van der Waals surface area contributed by atoms with E-state index in [1.54, 1.807) is 60.7 Å². The van der Waals surface area contributed by atoms with E-state index in [2.05, 4.69) is 0 Å². The standard InChI is InChI=1S/C28H21NO7/c1-34-20-13-9-16(10-14-20)24-23(25(30)22-15-18-5-3-4-6-21(18)36-22)26(31)27(32)29(24)19-11-7-17(8-12-19)28(33)35-2/h3-15,24,31H,1-2H3. The van der Waals surface area contributed by atoms with Crippen molar-refractivity contribution in [2.45, 2.75) is 6.04 Å². The first-order valence-corrected chi connectivity index (χ1v) is 11.0. The van der Waals surface area contributed by atoms with Crippen molar-refractivity contribution in [2.75, 3.05) is 19.1 Å². The molecule has 0 spiro atoms. The van der Waals surface area contributed by atoms with Gasteiger partial charge in [-0.3, -0.25) is 14.5 Å². The molecule has 0 bridgehead atoms. The second-order valence-corrected chi connectivity index (χ2v) is 8.13. The highest BCUT2D eigenvalue weighted by molar-refractivity contribution is 6.20. The molecule has 0 fully saturated rings. The number of nitrogens with zero attached hydrogens (tertiary/aromatic N) is 1. The molecule has 1 aromatic heterocycles. The van der Waals surface area contributed by atoms with Gasteiger partial charge in [0.1, 0.15) is 11.3 Å². The van der Waals surface area contributed by atoms with Crippen LogP contribution in [0, 0.1) is 0 Å². The van der Waals surface area contributed by atoms with Crippen molar-refractivity contribution in [3.8, 4) is 5.75 Å². The molecular weight excluding hydrogens is 462 g/mol. The number of fused-ring (bicyclic) bond motifs is 1. The quantitative estimate of drug-likeness (QED) is 0.303. The first-order valence-electron chi connectivity index (χ1n) is 11.0. The second-order valence-electron chi connectivity index (χ2n) is 8.13. The molecule has 0 saturated carbocycles. The molecule has 5 rings (SSSR count). The molecule has 1 amide bonds. The Hall–Kier alpha value is -4.85.